The highest BCUT2D eigenvalue weighted by molar-refractivity contribution is 6.32. The normalized spacial score (nSPS) is 12.0. The van der Waals surface area contributed by atoms with Crippen LogP contribution in [0, 0.1) is 0 Å². The van der Waals surface area contributed by atoms with Gasteiger partial charge in [-0.05, 0) is 12.5 Å². The van der Waals surface area contributed by atoms with Gasteiger partial charge in [-0.1, -0.05) is 29.3 Å². The lowest BCUT2D eigenvalue weighted by atomic mass is 10.1. The maximum Gasteiger partial charge on any atom is 0.135 e. The number of nitrogens with zero attached hydrogens (tertiary/aromatic N) is 1. The van der Waals surface area contributed by atoms with Crippen LogP contribution >= 0.6 is 35.6 Å². The SMILES string of the molecule is Cl.N[C@@H](CCO)c1ccc(Cl)nc1Cl. The fraction of sp³-hybridized carbons (Fsp3) is 0.375. The summed E-state index contributed by atoms with van der Waals surface area (Å²) in [6.45, 7) is 0.0279. The maximum absolute atomic E-state index is 8.67. The zero-order chi connectivity index (χ0) is 9.84. The number of hydrogen-bond donors (Lipinski definition) is 2. The summed E-state index contributed by atoms with van der Waals surface area (Å²) >= 11 is 11.4. The molecule has 0 aliphatic carbocycles. The molecule has 14 heavy (non-hydrogen) atoms. The second kappa shape index (κ2) is 6.43. The van der Waals surface area contributed by atoms with E-state index >= 15 is 0 Å². The summed E-state index contributed by atoms with van der Waals surface area (Å²) in [5, 5.41) is 9.31. The van der Waals surface area contributed by atoms with E-state index in [0.29, 0.717) is 22.3 Å². The summed E-state index contributed by atoms with van der Waals surface area (Å²) in [7, 11) is 0. The van der Waals surface area contributed by atoms with Gasteiger partial charge in [0.1, 0.15) is 10.3 Å². The van der Waals surface area contributed by atoms with Gasteiger partial charge in [0.15, 0.2) is 0 Å². The molecule has 0 aromatic carbocycles. The van der Waals surface area contributed by atoms with Crippen molar-refractivity contribution in [1.82, 2.24) is 4.98 Å². The number of aliphatic hydroxyl groups is 1. The van der Waals surface area contributed by atoms with Crippen molar-refractivity contribution in [3.05, 3.63) is 28.0 Å². The smallest absolute Gasteiger partial charge is 0.135 e. The van der Waals surface area contributed by atoms with Gasteiger partial charge in [0.2, 0.25) is 0 Å². The fourth-order valence-corrected chi connectivity index (χ4v) is 1.48. The van der Waals surface area contributed by atoms with Gasteiger partial charge in [-0.3, -0.25) is 0 Å². The van der Waals surface area contributed by atoms with Crippen molar-refractivity contribution in [2.45, 2.75) is 12.5 Å². The molecule has 0 saturated heterocycles. The summed E-state index contributed by atoms with van der Waals surface area (Å²) in [6, 6.07) is 3.06. The van der Waals surface area contributed by atoms with E-state index in [1.807, 2.05) is 0 Å². The molecular formula is C8H11Cl3N2O. The van der Waals surface area contributed by atoms with E-state index in [4.69, 9.17) is 34.0 Å². The summed E-state index contributed by atoms with van der Waals surface area (Å²) in [4.78, 5) is 3.85. The standard InChI is InChI=1S/C8H10Cl2N2O.ClH/c9-7-2-1-5(8(10)12-7)6(11)3-4-13;/h1-2,6,13H,3-4,11H2;1H/t6-;/m0./s1. The van der Waals surface area contributed by atoms with Crippen molar-refractivity contribution < 1.29 is 5.11 Å². The van der Waals surface area contributed by atoms with Crippen LogP contribution in [0.4, 0.5) is 0 Å². The minimum atomic E-state index is -0.290. The molecule has 1 heterocycles. The van der Waals surface area contributed by atoms with Gasteiger partial charge < -0.3 is 10.8 Å². The molecule has 3 nitrogen and oxygen atoms in total. The summed E-state index contributed by atoms with van der Waals surface area (Å²) < 4.78 is 0. The third-order valence-electron chi connectivity index (χ3n) is 1.68. The predicted octanol–water partition coefficient (Wildman–Crippen LogP) is 2.19. The van der Waals surface area contributed by atoms with Crippen LogP contribution in [-0.2, 0) is 0 Å². The first-order valence-electron chi connectivity index (χ1n) is 3.83. The van der Waals surface area contributed by atoms with Crippen molar-refractivity contribution >= 4 is 35.6 Å². The molecule has 1 aromatic rings. The van der Waals surface area contributed by atoms with Crippen LogP contribution in [0.3, 0.4) is 0 Å². The zero-order valence-corrected chi connectivity index (χ0v) is 9.61. The molecule has 0 bridgehead atoms. The van der Waals surface area contributed by atoms with E-state index in [9.17, 15) is 0 Å². The van der Waals surface area contributed by atoms with Crippen LogP contribution in [-0.4, -0.2) is 16.7 Å². The number of rotatable bonds is 3. The van der Waals surface area contributed by atoms with Crippen molar-refractivity contribution in [2.75, 3.05) is 6.61 Å². The molecule has 3 N–H and O–H groups in total. The first-order chi connectivity index (χ1) is 6.15. The second-order valence-electron chi connectivity index (χ2n) is 2.63. The lowest BCUT2D eigenvalue weighted by molar-refractivity contribution is 0.276. The highest BCUT2D eigenvalue weighted by atomic mass is 35.5. The predicted molar refractivity (Wildman–Crippen MR) is 60.1 cm³/mol. The molecule has 0 radical (unpaired) electrons. The van der Waals surface area contributed by atoms with E-state index in [2.05, 4.69) is 4.98 Å². The molecule has 6 heteroatoms. The Hall–Kier alpha value is -0.0600. The Kier molecular flexibility index (Phi) is 6.40. The number of aliphatic hydroxyl groups excluding tert-OH is 1. The lowest BCUT2D eigenvalue weighted by Gasteiger charge is -2.11. The monoisotopic (exact) mass is 256 g/mol. The second-order valence-corrected chi connectivity index (χ2v) is 3.38. The first kappa shape index (κ1) is 13.9. The molecular weight excluding hydrogens is 246 g/mol. The number of nitrogens with two attached hydrogens (primary N) is 1. The largest absolute Gasteiger partial charge is 0.396 e. The molecule has 1 aromatic heterocycles. The van der Waals surface area contributed by atoms with Crippen molar-refractivity contribution in [3.8, 4) is 0 Å². The van der Waals surface area contributed by atoms with Crippen LogP contribution in [0.2, 0.25) is 10.3 Å². The van der Waals surface area contributed by atoms with Gasteiger partial charge >= 0.3 is 0 Å². The van der Waals surface area contributed by atoms with E-state index in [0.717, 1.165) is 0 Å². The minimum absolute atomic E-state index is 0. The number of aromatic nitrogens is 1. The third-order valence-corrected chi connectivity index (χ3v) is 2.20. The molecule has 0 aliphatic rings. The Morgan fingerprint density at radius 1 is 1.43 bits per heavy atom. The van der Waals surface area contributed by atoms with Gasteiger partial charge in [-0.25, -0.2) is 4.98 Å². The van der Waals surface area contributed by atoms with Crippen LogP contribution in [0.15, 0.2) is 12.1 Å². The van der Waals surface area contributed by atoms with Crippen molar-refractivity contribution in [1.29, 1.82) is 0 Å². The average Bonchev–Trinajstić information content (AvgIpc) is 2.04. The first-order valence-corrected chi connectivity index (χ1v) is 4.59. The molecule has 0 aliphatic heterocycles. The molecule has 0 fully saturated rings. The molecule has 1 atom stereocenters. The van der Waals surface area contributed by atoms with Crippen LogP contribution < -0.4 is 5.73 Å². The Morgan fingerprint density at radius 3 is 2.57 bits per heavy atom. The van der Waals surface area contributed by atoms with Crippen LogP contribution in [0.1, 0.15) is 18.0 Å². The highest BCUT2D eigenvalue weighted by Crippen LogP contribution is 2.23. The van der Waals surface area contributed by atoms with E-state index in [1.54, 1.807) is 12.1 Å². The van der Waals surface area contributed by atoms with Crippen LogP contribution in [0.5, 0.6) is 0 Å². The Labute approximate surface area is 98.6 Å². The summed E-state index contributed by atoms with van der Waals surface area (Å²) in [5.74, 6) is 0. The Balaban J connectivity index is 0.00000169. The highest BCUT2D eigenvalue weighted by Gasteiger charge is 2.10. The minimum Gasteiger partial charge on any atom is -0.396 e. The van der Waals surface area contributed by atoms with Crippen LogP contribution in [0.25, 0.3) is 0 Å². The topological polar surface area (TPSA) is 59.1 Å². The van der Waals surface area contributed by atoms with Gasteiger partial charge in [0.25, 0.3) is 0 Å². The van der Waals surface area contributed by atoms with Gasteiger partial charge in [0, 0.05) is 18.2 Å². The molecule has 1 rings (SSSR count). The molecule has 0 spiro atoms. The maximum atomic E-state index is 8.67. The molecule has 0 saturated carbocycles. The molecule has 80 valence electrons. The third kappa shape index (κ3) is 3.59. The summed E-state index contributed by atoms with van der Waals surface area (Å²) in [6.07, 6.45) is 0.461. The van der Waals surface area contributed by atoms with Crippen molar-refractivity contribution in [2.24, 2.45) is 5.73 Å². The van der Waals surface area contributed by atoms with Gasteiger partial charge in [0.05, 0.1) is 0 Å². The van der Waals surface area contributed by atoms with Gasteiger partial charge in [-0.2, -0.15) is 0 Å². The number of halogens is 3. The fourth-order valence-electron chi connectivity index (χ4n) is 0.994. The number of pyridine rings is 1. The lowest BCUT2D eigenvalue weighted by Crippen LogP contribution is -2.12. The zero-order valence-electron chi connectivity index (χ0n) is 7.28. The number of hydrogen-bond acceptors (Lipinski definition) is 3. The van der Waals surface area contributed by atoms with E-state index in [-0.39, 0.29) is 25.1 Å². The molecule has 0 amide bonds. The summed E-state index contributed by atoms with van der Waals surface area (Å²) in [5.41, 5.74) is 6.44. The van der Waals surface area contributed by atoms with E-state index in [1.165, 1.54) is 0 Å². The quantitative estimate of drug-likeness (QED) is 0.816. The van der Waals surface area contributed by atoms with Gasteiger partial charge in [-0.15, -0.1) is 12.4 Å². The van der Waals surface area contributed by atoms with Crippen molar-refractivity contribution in [3.63, 3.8) is 0 Å². The molecule has 0 unspecified atom stereocenters. The Morgan fingerprint density at radius 2 is 2.07 bits per heavy atom. The Bertz CT molecular complexity index is 296. The van der Waals surface area contributed by atoms with E-state index < -0.39 is 0 Å². The average molecular weight is 258 g/mol.